The second kappa shape index (κ2) is 18.7. The molecule has 0 unspecified atom stereocenters. The molecule has 2 aromatic heterocycles. The fourth-order valence-electron chi connectivity index (χ4n) is 2.50. The molecule has 4 nitrogen and oxygen atoms in total. The summed E-state index contributed by atoms with van der Waals surface area (Å²) in [6.07, 6.45) is 6.00. The summed E-state index contributed by atoms with van der Waals surface area (Å²) in [5, 5.41) is 0.903. The van der Waals surface area contributed by atoms with Crippen LogP contribution < -0.4 is 0 Å². The van der Waals surface area contributed by atoms with E-state index in [1.807, 2.05) is 56.3 Å². The maximum Gasteiger partial charge on any atom is 0.223 e. The number of hydrogen-bond donors (Lipinski definition) is 0. The maximum absolute atomic E-state index is 5.53. The van der Waals surface area contributed by atoms with Gasteiger partial charge in [-0.2, -0.15) is 0 Å². The monoisotopic (exact) mass is 544 g/mol. The molecule has 0 N–H and O–H groups in total. The van der Waals surface area contributed by atoms with Crippen LogP contribution in [0.15, 0.2) is 72.8 Å². The van der Waals surface area contributed by atoms with E-state index >= 15 is 0 Å². The van der Waals surface area contributed by atoms with E-state index < -0.39 is 0 Å². The van der Waals surface area contributed by atoms with Crippen LogP contribution in [-0.2, 0) is 0 Å². The standard InChI is InChI=1S/2C7H8.C6H7ClN2.C5H4Cl2N2.C4H8/c2*1-7-5-3-2-4-6-7;1-4-3-5(2)9-6(7)8-4;1-3-2-4(6)9-5(7)8-3;1-2-4-3-1/h2*2-6H,1H3;3H,1-2H3;2H,1H3;1-4H2. The van der Waals surface area contributed by atoms with Crippen molar-refractivity contribution in [1.82, 2.24) is 19.9 Å². The zero-order chi connectivity index (χ0) is 26.8. The van der Waals surface area contributed by atoms with Crippen LogP contribution in [0.3, 0.4) is 0 Å². The van der Waals surface area contributed by atoms with Crippen molar-refractivity contribution in [3.8, 4) is 0 Å². The van der Waals surface area contributed by atoms with Crippen LogP contribution in [0.4, 0.5) is 0 Å². The minimum atomic E-state index is 0.194. The van der Waals surface area contributed by atoms with Crippen molar-refractivity contribution >= 4 is 34.8 Å². The Bertz CT molecular complexity index is 928. The van der Waals surface area contributed by atoms with E-state index in [-0.39, 0.29) is 5.28 Å². The molecule has 0 spiro atoms. The predicted octanol–water partition coefficient (Wildman–Crippen LogP) is 9.39. The molecule has 4 aromatic rings. The Morgan fingerprint density at radius 1 is 0.472 bits per heavy atom. The number of rotatable bonds is 0. The number of hydrogen-bond acceptors (Lipinski definition) is 4. The zero-order valence-corrected chi connectivity index (χ0v) is 23.9. The highest BCUT2D eigenvalue weighted by Crippen LogP contribution is 2.15. The lowest BCUT2D eigenvalue weighted by atomic mass is 10.0. The summed E-state index contributed by atoms with van der Waals surface area (Å²) in [4.78, 5) is 15.2. The van der Waals surface area contributed by atoms with Crippen molar-refractivity contribution in [2.75, 3.05) is 0 Å². The lowest BCUT2D eigenvalue weighted by Gasteiger charge is -2.05. The minimum Gasteiger partial charge on any atom is -0.223 e. The third kappa shape index (κ3) is 17.0. The molecule has 2 aromatic carbocycles. The fraction of sp³-hybridized carbons (Fsp3) is 0.310. The van der Waals surface area contributed by atoms with Crippen molar-refractivity contribution in [1.29, 1.82) is 0 Å². The van der Waals surface area contributed by atoms with Crippen LogP contribution in [0.1, 0.15) is 53.9 Å². The number of halogens is 3. The molecule has 7 heteroatoms. The van der Waals surface area contributed by atoms with Gasteiger partial charge in [-0.05, 0) is 70.0 Å². The van der Waals surface area contributed by atoms with E-state index in [1.54, 1.807) is 13.0 Å². The first-order valence-corrected chi connectivity index (χ1v) is 13.0. The Morgan fingerprint density at radius 2 is 0.806 bits per heavy atom. The molecule has 36 heavy (non-hydrogen) atoms. The summed E-state index contributed by atoms with van der Waals surface area (Å²) in [5.74, 6) is 0. The van der Waals surface area contributed by atoms with E-state index in [0.29, 0.717) is 10.4 Å². The lowest BCUT2D eigenvalue weighted by Crippen LogP contribution is -1.88. The average Bonchev–Trinajstić information content (AvgIpc) is 2.73. The fourth-order valence-corrected chi connectivity index (χ4v) is 3.27. The van der Waals surface area contributed by atoms with E-state index in [4.69, 9.17) is 34.8 Å². The third-order valence-corrected chi connectivity index (χ3v) is 5.16. The molecule has 2 heterocycles. The van der Waals surface area contributed by atoms with Crippen LogP contribution >= 0.6 is 34.8 Å². The van der Waals surface area contributed by atoms with Gasteiger partial charge in [0.1, 0.15) is 5.15 Å². The predicted molar refractivity (Wildman–Crippen MR) is 154 cm³/mol. The Balaban J connectivity index is 0.000000229. The number of benzene rings is 2. The number of nitrogens with zero attached hydrogens (tertiary/aromatic N) is 4. The smallest absolute Gasteiger partial charge is 0.223 e. The van der Waals surface area contributed by atoms with Gasteiger partial charge in [0.25, 0.3) is 0 Å². The molecule has 0 radical (unpaired) electrons. The Morgan fingerprint density at radius 3 is 1.03 bits per heavy atom. The summed E-state index contributed by atoms with van der Waals surface area (Å²) in [6.45, 7) is 9.75. The molecule has 0 saturated heterocycles. The van der Waals surface area contributed by atoms with Crippen LogP contribution in [0, 0.1) is 34.6 Å². The van der Waals surface area contributed by atoms with Gasteiger partial charge in [0.15, 0.2) is 0 Å². The lowest BCUT2D eigenvalue weighted by molar-refractivity contribution is 0.504. The van der Waals surface area contributed by atoms with Crippen molar-refractivity contribution in [2.45, 2.75) is 60.3 Å². The van der Waals surface area contributed by atoms with E-state index in [0.717, 1.165) is 17.1 Å². The molecular formula is C29H35Cl3N4. The number of aromatic nitrogens is 4. The van der Waals surface area contributed by atoms with Crippen LogP contribution in [-0.4, -0.2) is 19.9 Å². The SMILES string of the molecule is C1CCC1.Cc1cc(C)nc(Cl)n1.Cc1cc(Cl)nc(Cl)n1.Cc1ccccc1.Cc1ccccc1. The summed E-state index contributed by atoms with van der Waals surface area (Å²) >= 11 is 16.5. The van der Waals surface area contributed by atoms with Gasteiger partial charge in [-0.25, -0.2) is 19.9 Å². The molecule has 0 amide bonds. The molecule has 0 aliphatic heterocycles. The molecule has 5 rings (SSSR count). The van der Waals surface area contributed by atoms with Crippen molar-refractivity contribution in [3.63, 3.8) is 0 Å². The van der Waals surface area contributed by atoms with Crippen molar-refractivity contribution in [2.24, 2.45) is 0 Å². The number of aryl methyl sites for hydroxylation is 5. The molecule has 1 fully saturated rings. The minimum absolute atomic E-state index is 0.194. The summed E-state index contributed by atoms with van der Waals surface area (Å²) in [5.41, 5.74) is 5.24. The van der Waals surface area contributed by atoms with Crippen molar-refractivity contribution in [3.05, 3.63) is 117 Å². The van der Waals surface area contributed by atoms with Gasteiger partial charge >= 0.3 is 0 Å². The highest BCUT2D eigenvalue weighted by atomic mass is 35.5. The second-order valence-electron chi connectivity index (χ2n) is 8.24. The first-order chi connectivity index (χ1) is 17.2. The van der Waals surface area contributed by atoms with Gasteiger partial charge in [-0.1, -0.05) is 109 Å². The van der Waals surface area contributed by atoms with Crippen molar-refractivity contribution < 1.29 is 0 Å². The van der Waals surface area contributed by atoms with E-state index in [1.165, 1.54) is 36.8 Å². The van der Waals surface area contributed by atoms with Gasteiger partial charge in [-0.15, -0.1) is 0 Å². The quantitative estimate of drug-likeness (QED) is 0.163. The van der Waals surface area contributed by atoms with Gasteiger partial charge in [0.2, 0.25) is 10.6 Å². The summed E-state index contributed by atoms with van der Waals surface area (Å²) in [6, 6.07) is 24.1. The Hall–Kier alpha value is -2.53. The van der Waals surface area contributed by atoms with Crippen LogP contribution in [0.2, 0.25) is 15.7 Å². The first-order valence-electron chi connectivity index (χ1n) is 11.8. The Labute approximate surface area is 231 Å². The molecule has 1 aliphatic rings. The molecule has 1 saturated carbocycles. The first kappa shape index (κ1) is 31.5. The highest BCUT2D eigenvalue weighted by Gasteiger charge is 1.95. The topological polar surface area (TPSA) is 51.6 Å². The summed E-state index contributed by atoms with van der Waals surface area (Å²) < 4.78 is 0. The molecule has 0 atom stereocenters. The molecule has 192 valence electrons. The van der Waals surface area contributed by atoms with Gasteiger partial charge in [0, 0.05) is 17.1 Å². The zero-order valence-electron chi connectivity index (χ0n) is 21.7. The van der Waals surface area contributed by atoms with E-state index in [9.17, 15) is 0 Å². The summed E-state index contributed by atoms with van der Waals surface area (Å²) in [7, 11) is 0. The second-order valence-corrected chi connectivity index (χ2v) is 9.31. The van der Waals surface area contributed by atoms with Gasteiger partial charge < -0.3 is 0 Å². The van der Waals surface area contributed by atoms with Gasteiger partial charge in [0.05, 0.1) is 0 Å². The van der Waals surface area contributed by atoms with Crippen LogP contribution in [0.5, 0.6) is 0 Å². The normalized spacial score (nSPS) is 10.9. The van der Waals surface area contributed by atoms with Gasteiger partial charge in [-0.3, -0.25) is 0 Å². The molecular weight excluding hydrogens is 511 g/mol. The molecule has 1 aliphatic carbocycles. The molecule has 0 bridgehead atoms. The average molecular weight is 546 g/mol. The Kier molecular flexibility index (Phi) is 16.4. The largest absolute Gasteiger partial charge is 0.223 e. The third-order valence-electron chi connectivity index (χ3n) is 4.63. The van der Waals surface area contributed by atoms with Crippen LogP contribution in [0.25, 0.3) is 0 Å². The highest BCUT2D eigenvalue weighted by molar-refractivity contribution is 6.31. The van der Waals surface area contributed by atoms with E-state index in [2.05, 4.69) is 58.0 Å². The maximum atomic E-state index is 5.53.